The molecule has 17 heavy (non-hydrogen) atoms. The van der Waals surface area contributed by atoms with Gasteiger partial charge in [-0.1, -0.05) is 29.8 Å². The van der Waals surface area contributed by atoms with Crippen LogP contribution in [-0.4, -0.2) is 15.9 Å². The number of H-pyrrole nitrogens is 1. The Labute approximate surface area is 100 Å². The fraction of sp³-hybridized carbons (Fsp3) is 0.231. The number of aromatic amines is 1. The Morgan fingerprint density at radius 2 is 2.35 bits per heavy atom. The molecule has 2 aromatic rings. The molecule has 0 saturated heterocycles. The van der Waals surface area contributed by atoms with E-state index in [4.69, 9.17) is 0 Å². The number of hydrogen-bond donors (Lipinski definition) is 2. The molecule has 0 spiro atoms. The second-order valence-electron chi connectivity index (χ2n) is 3.98. The highest BCUT2D eigenvalue weighted by atomic mass is 16.1. The van der Waals surface area contributed by atoms with E-state index in [1.54, 1.807) is 12.4 Å². The third-order valence-corrected chi connectivity index (χ3v) is 2.48. The highest BCUT2D eigenvalue weighted by Gasteiger charge is 2.04. The zero-order valence-corrected chi connectivity index (χ0v) is 9.73. The minimum Gasteiger partial charge on any atom is -0.331 e. The second-order valence-corrected chi connectivity index (χ2v) is 3.98. The first kappa shape index (κ1) is 11.4. The molecule has 0 bridgehead atoms. The van der Waals surface area contributed by atoms with Crippen molar-refractivity contribution in [3.63, 3.8) is 0 Å². The lowest BCUT2D eigenvalue weighted by Gasteiger charge is -2.03. The number of nitrogens with one attached hydrogen (secondary N) is 2. The van der Waals surface area contributed by atoms with E-state index in [0.29, 0.717) is 12.4 Å². The van der Waals surface area contributed by atoms with Crippen molar-refractivity contribution >= 4 is 11.9 Å². The van der Waals surface area contributed by atoms with E-state index in [2.05, 4.69) is 21.4 Å². The van der Waals surface area contributed by atoms with Crippen molar-refractivity contribution in [1.29, 1.82) is 0 Å². The lowest BCUT2D eigenvalue weighted by atomic mass is 10.1. The van der Waals surface area contributed by atoms with Crippen molar-refractivity contribution in [2.75, 3.05) is 5.32 Å². The van der Waals surface area contributed by atoms with E-state index in [0.717, 1.165) is 6.42 Å². The van der Waals surface area contributed by atoms with E-state index < -0.39 is 0 Å². The molecule has 0 aliphatic rings. The maximum Gasteiger partial charge on any atom is 0.227 e. The Balaban J connectivity index is 1.84. The molecule has 0 unspecified atom stereocenters. The number of amides is 1. The molecule has 0 fully saturated rings. The number of carbonyl (C=O) groups is 1. The molecular formula is C13H15N3O. The van der Waals surface area contributed by atoms with Gasteiger partial charge in [0.15, 0.2) is 0 Å². The average Bonchev–Trinajstić information content (AvgIpc) is 2.79. The number of hydrogen-bond acceptors (Lipinski definition) is 2. The van der Waals surface area contributed by atoms with Gasteiger partial charge < -0.3 is 4.98 Å². The quantitative estimate of drug-likeness (QED) is 0.845. The van der Waals surface area contributed by atoms with Crippen LogP contribution < -0.4 is 5.32 Å². The summed E-state index contributed by atoms with van der Waals surface area (Å²) in [7, 11) is 0. The van der Waals surface area contributed by atoms with Crippen LogP contribution in [0, 0.1) is 6.92 Å². The van der Waals surface area contributed by atoms with Crippen LogP contribution in [0.5, 0.6) is 0 Å². The summed E-state index contributed by atoms with van der Waals surface area (Å²) < 4.78 is 0. The number of benzene rings is 1. The minimum absolute atomic E-state index is 0.0264. The van der Waals surface area contributed by atoms with Gasteiger partial charge in [-0.3, -0.25) is 10.1 Å². The van der Waals surface area contributed by atoms with Gasteiger partial charge in [-0.15, -0.1) is 0 Å². The van der Waals surface area contributed by atoms with Crippen molar-refractivity contribution in [2.45, 2.75) is 19.8 Å². The average molecular weight is 229 g/mol. The molecular weight excluding hydrogens is 214 g/mol. The zero-order chi connectivity index (χ0) is 12.1. The summed E-state index contributed by atoms with van der Waals surface area (Å²) in [5, 5.41) is 2.70. The first-order valence-corrected chi connectivity index (χ1v) is 5.59. The van der Waals surface area contributed by atoms with Crippen LogP contribution in [0.25, 0.3) is 0 Å². The van der Waals surface area contributed by atoms with Crippen LogP contribution >= 0.6 is 0 Å². The SMILES string of the molecule is Cc1cccc(CCC(=O)Nc2ncc[nH]2)c1. The molecule has 0 saturated carbocycles. The topological polar surface area (TPSA) is 57.8 Å². The molecule has 2 rings (SSSR count). The van der Waals surface area contributed by atoms with E-state index >= 15 is 0 Å². The first-order chi connectivity index (χ1) is 8.24. The van der Waals surface area contributed by atoms with Crippen LogP contribution in [0.15, 0.2) is 36.7 Å². The van der Waals surface area contributed by atoms with Gasteiger partial charge in [0.2, 0.25) is 11.9 Å². The van der Waals surface area contributed by atoms with Gasteiger partial charge in [0.05, 0.1) is 0 Å². The van der Waals surface area contributed by atoms with Gasteiger partial charge in [0.25, 0.3) is 0 Å². The molecule has 88 valence electrons. The number of aromatic nitrogens is 2. The molecule has 0 aliphatic heterocycles. The molecule has 0 atom stereocenters. The molecule has 1 heterocycles. The number of anilines is 1. The van der Waals surface area contributed by atoms with Crippen molar-refractivity contribution in [3.8, 4) is 0 Å². The third kappa shape index (κ3) is 3.45. The fourth-order valence-corrected chi connectivity index (χ4v) is 1.65. The Bertz CT molecular complexity index is 491. The lowest BCUT2D eigenvalue weighted by Crippen LogP contribution is -2.13. The summed E-state index contributed by atoms with van der Waals surface area (Å²) in [4.78, 5) is 18.4. The monoisotopic (exact) mass is 229 g/mol. The van der Waals surface area contributed by atoms with E-state index in [9.17, 15) is 4.79 Å². The van der Waals surface area contributed by atoms with Crippen LogP contribution in [0.3, 0.4) is 0 Å². The summed E-state index contributed by atoms with van der Waals surface area (Å²) in [6, 6.07) is 8.19. The van der Waals surface area contributed by atoms with Crippen LogP contribution in [-0.2, 0) is 11.2 Å². The Morgan fingerprint density at radius 1 is 1.47 bits per heavy atom. The second kappa shape index (κ2) is 5.30. The molecule has 4 heteroatoms. The summed E-state index contributed by atoms with van der Waals surface area (Å²) in [5.41, 5.74) is 2.40. The third-order valence-electron chi connectivity index (χ3n) is 2.48. The number of rotatable bonds is 4. The summed E-state index contributed by atoms with van der Waals surface area (Å²) >= 11 is 0. The minimum atomic E-state index is -0.0264. The van der Waals surface area contributed by atoms with Crippen LogP contribution in [0.1, 0.15) is 17.5 Å². The highest BCUT2D eigenvalue weighted by molar-refractivity contribution is 5.89. The predicted molar refractivity (Wildman–Crippen MR) is 66.7 cm³/mol. The van der Waals surface area contributed by atoms with Gasteiger partial charge in [0.1, 0.15) is 0 Å². The first-order valence-electron chi connectivity index (χ1n) is 5.59. The van der Waals surface area contributed by atoms with Crippen molar-refractivity contribution in [1.82, 2.24) is 9.97 Å². The molecule has 4 nitrogen and oxygen atoms in total. The standard InChI is InChI=1S/C13H15N3O/c1-10-3-2-4-11(9-10)5-6-12(17)16-13-14-7-8-15-13/h2-4,7-9H,5-6H2,1H3,(H2,14,15,16,17). The Morgan fingerprint density at radius 3 is 3.06 bits per heavy atom. The smallest absolute Gasteiger partial charge is 0.227 e. The highest BCUT2D eigenvalue weighted by Crippen LogP contribution is 2.07. The van der Waals surface area contributed by atoms with Crippen molar-refractivity contribution in [3.05, 3.63) is 47.8 Å². The fourth-order valence-electron chi connectivity index (χ4n) is 1.65. The molecule has 2 N–H and O–H groups in total. The van der Waals surface area contributed by atoms with Gasteiger partial charge in [-0.25, -0.2) is 4.98 Å². The number of aryl methyl sites for hydroxylation is 2. The summed E-state index contributed by atoms with van der Waals surface area (Å²) in [6.07, 6.45) is 4.49. The predicted octanol–water partition coefficient (Wildman–Crippen LogP) is 2.29. The molecule has 1 aromatic carbocycles. The van der Waals surface area contributed by atoms with Crippen LogP contribution in [0.2, 0.25) is 0 Å². The Kier molecular flexibility index (Phi) is 3.55. The maximum atomic E-state index is 11.6. The number of nitrogens with zero attached hydrogens (tertiary/aromatic N) is 1. The molecule has 0 aliphatic carbocycles. The van der Waals surface area contributed by atoms with Crippen molar-refractivity contribution < 1.29 is 4.79 Å². The van der Waals surface area contributed by atoms with Gasteiger partial charge in [-0.05, 0) is 18.9 Å². The number of carbonyl (C=O) groups excluding carboxylic acids is 1. The zero-order valence-electron chi connectivity index (χ0n) is 9.73. The lowest BCUT2D eigenvalue weighted by molar-refractivity contribution is -0.116. The van der Waals surface area contributed by atoms with Crippen LogP contribution in [0.4, 0.5) is 5.95 Å². The maximum absolute atomic E-state index is 11.6. The molecule has 1 aromatic heterocycles. The van der Waals surface area contributed by atoms with E-state index in [1.807, 2.05) is 25.1 Å². The number of imidazole rings is 1. The van der Waals surface area contributed by atoms with Crippen molar-refractivity contribution in [2.24, 2.45) is 0 Å². The largest absolute Gasteiger partial charge is 0.331 e. The molecule has 1 amide bonds. The van der Waals surface area contributed by atoms with Gasteiger partial charge in [0, 0.05) is 18.8 Å². The summed E-state index contributed by atoms with van der Waals surface area (Å²) in [5.74, 6) is 0.473. The van der Waals surface area contributed by atoms with E-state index in [-0.39, 0.29) is 5.91 Å². The summed E-state index contributed by atoms with van der Waals surface area (Å²) in [6.45, 7) is 2.05. The molecule has 0 radical (unpaired) electrons. The van der Waals surface area contributed by atoms with Gasteiger partial charge in [-0.2, -0.15) is 0 Å². The Hall–Kier alpha value is -2.10. The van der Waals surface area contributed by atoms with E-state index in [1.165, 1.54) is 11.1 Å². The van der Waals surface area contributed by atoms with Gasteiger partial charge >= 0.3 is 0 Å². The normalized spacial score (nSPS) is 10.2.